The van der Waals surface area contributed by atoms with E-state index in [0.29, 0.717) is 0 Å². The monoisotopic (exact) mass is 382 g/mol. The molecule has 0 aliphatic carbocycles. The second-order valence-corrected chi connectivity index (χ2v) is 6.90. The summed E-state index contributed by atoms with van der Waals surface area (Å²) in [5, 5.41) is 19.5. The third kappa shape index (κ3) is 3.94. The Hall–Kier alpha value is -1.50. The first-order chi connectivity index (χ1) is 11.2. The van der Waals surface area contributed by atoms with E-state index in [9.17, 15) is 28.2 Å². The van der Waals surface area contributed by atoms with E-state index in [-0.39, 0.29) is 5.56 Å². The number of hydrogen-bond donors (Lipinski definition) is 3. The highest BCUT2D eigenvalue weighted by Gasteiger charge is 2.47. The third-order valence-electron chi connectivity index (χ3n) is 3.29. The second kappa shape index (κ2) is 7.17. The molecule has 0 radical (unpaired) electrons. The van der Waals surface area contributed by atoms with E-state index in [1.165, 1.54) is 6.08 Å². The molecule has 3 N–H and O–H groups in total. The number of rotatable bonds is 5. The van der Waals surface area contributed by atoms with Gasteiger partial charge in [0.1, 0.15) is 18.3 Å². The fourth-order valence-corrected chi connectivity index (χ4v) is 3.07. The molecule has 0 saturated carbocycles. The second-order valence-electron chi connectivity index (χ2n) is 5.05. The van der Waals surface area contributed by atoms with Gasteiger partial charge in [-0.3, -0.25) is 18.5 Å². The summed E-state index contributed by atoms with van der Waals surface area (Å²) >= 11 is 5.41. The van der Waals surface area contributed by atoms with Crippen LogP contribution in [0.2, 0.25) is 0 Å². The molecule has 0 aromatic carbocycles. The van der Waals surface area contributed by atoms with Crippen molar-refractivity contribution in [2.45, 2.75) is 24.5 Å². The van der Waals surface area contributed by atoms with Gasteiger partial charge in [-0.25, -0.2) is 4.79 Å². The molecule has 10 nitrogen and oxygen atoms in total. The van der Waals surface area contributed by atoms with Gasteiger partial charge in [-0.2, -0.15) is 8.42 Å². The summed E-state index contributed by atoms with van der Waals surface area (Å²) in [5.41, 5.74) is -0.540. The SMILES string of the molecule is CS(=O)(=O)O[C@@H]1[C@@H](O)[C@H](n2cc(C=CCl)c(=O)[nH]c2=O)O[C@@H]1CO. The summed E-state index contributed by atoms with van der Waals surface area (Å²) in [7, 11) is -3.95. The molecule has 2 rings (SSSR count). The van der Waals surface area contributed by atoms with Gasteiger partial charge < -0.3 is 14.9 Å². The topological polar surface area (TPSA) is 148 Å². The summed E-state index contributed by atoms with van der Waals surface area (Å²) in [4.78, 5) is 25.6. The Balaban J connectivity index is 2.44. The summed E-state index contributed by atoms with van der Waals surface area (Å²) in [6.45, 7) is -0.652. The molecular weight excluding hydrogens is 368 g/mol. The number of hydrogen-bond acceptors (Lipinski definition) is 8. The molecule has 1 aromatic rings. The average Bonchev–Trinajstić information content (AvgIpc) is 2.77. The molecule has 134 valence electrons. The Kier molecular flexibility index (Phi) is 5.63. The Morgan fingerprint density at radius 1 is 1.50 bits per heavy atom. The Morgan fingerprint density at radius 2 is 2.17 bits per heavy atom. The molecule has 2 heterocycles. The molecule has 0 bridgehead atoms. The smallest absolute Gasteiger partial charge is 0.330 e. The lowest BCUT2D eigenvalue weighted by Gasteiger charge is -2.19. The maximum absolute atomic E-state index is 12.0. The van der Waals surface area contributed by atoms with Crippen molar-refractivity contribution in [1.29, 1.82) is 0 Å². The lowest BCUT2D eigenvalue weighted by Crippen LogP contribution is -2.40. The highest BCUT2D eigenvalue weighted by molar-refractivity contribution is 7.86. The number of aromatic amines is 1. The van der Waals surface area contributed by atoms with Gasteiger partial charge in [0.25, 0.3) is 15.7 Å². The van der Waals surface area contributed by atoms with E-state index in [1.54, 1.807) is 0 Å². The normalized spacial score (nSPS) is 27.8. The zero-order chi connectivity index (χ0) is 18.1. The van der Waals surface area contributed by atoms with Crippen molar-refractivity contribution in [2.75, 3.05) is 12.9 Å². The highest BCUT2D eigenvalue weighted by Crippen LogP contribution is 2.31. The largest absolute Gasteiger partial charge is 0.394 e. The molecule has 0 spiro atoms. The van der Waals surface area contributed by atoms with Crippen LogP contribution in [0.15, 0.2) is 21.3 Å². The first-order valence-electron chi connectivity index (χ1n) is 6.63. The van der Waals surface area contributed by atoms with Crippen LogP contribution >= 0.6 is 11.6 Å². The Labute approximate surface area is 141 Å². The number of H-pyrrole nitrogens is 1. The van der Waals surface area contributed by atoms with Gasteiger partial charge in [-0.05, 0) is 6.08 Å². The van der Waals surface area contributed by atoms with Crippen molar-refractivity contribution >= 4 is 27.8 Å². The fourth-order valence-electron chi connectivity index (χ4n) is 2.29. The Morgan fingerprint density at radius 3 is 2.71 bits per heavy atom. The number of halogens is 1. The minimum absolute atomic E-state index is 0.00781. The standard InChI is InChI=1S/C12H15ClN2O8S/c1-24(20,21)23-9-7(5-16)22-11(8(9)17)15-4-6(2-3-13)10(18)14-12(15)19/h2-4,7-9,11,16-17H,5H2,1H3,(H,14,18,19)/t7-,8-,9+,11-/m1/s1. The molecule has 0 amide bonds. The van der Waals surface area contributed by atoms with Gasteiger partial charge >= 0.3 is 5.69 Å². The van der Waals surface area contributed by atoms with Gasteiger partial charge in [0.15, 0.2) is 6.23 Å². The van der Waals surface area contributed by atoms with Gasteiger partial charge in [-0.15, -0.1) is 0 Å². The molecule has 1 fully saturated rings. The maximum atomic E-state index is 12.0. The van der Waals surface area contributed by atoms with Crippen LogP contribution in [-0.2, 0) is 19.0 Å². The van der Waals surface area contributed by atoms with Crippen LogP contribution in [0.25, 0.3) is 6.08 Å². The molecule has 0 unspecified atom stereocenters. The van der Waals surface area contributed by atoms with Crippen LogP contribution in [0.4, 0.5) is 0 Å². The van der Waals surface area contributed by atoms with Crippen LogP contribution in [0, 0.1) is 0 Å². The van der Waals surface area contributed by atoms with E-state index >= 15 is 0 Å². The first kappa shape index (κ1) is 18.8. The molecule has 4 atom stereocenters. The van der Waals surface area contributed by atoms with Crippen LogP contribution in [0.3, 0.4) is 0 Å². The lowest BCUT2D eigenvalue weighted by atomic mass is 10.1. The lowest BCUT2D eigenvalue weighted by molar-refractivity contribution is -0.0543. The van der Waals surface area contributed by atoms with Gasteiger partial charge in [-0.1, -0.05) is 11.6 Å². The number of aliphatic hydroxyl groups is 2. The third-order valence-corrected chi connectivity index (χ3v) is 3.99. The van der Waals surface area contributed by atoms with Crippen molar-refractivity contribution in [3.8, 4) is 0 Å². The molecule has 1 saturated heterocycles. The van der Waals surface area contributed by atoms with Crippen molar-refractivity contribution in [1.82, 2.24) is 9.55 Å². The molecule has 1 aromatic heterocycles. The molecule has 12 heteroatoms. The van der Waals surface area contributed by atoms with E-state index in [0.717, 1.165) is 22.6 Å². The van der Waals surface area contributed by atoms with Crippen molar-refractivity contribution < 1.29 is 27.6 Å². The average molecular weight is 383 g/mol. The molecule has 24 heavy (non-hydrogen) atoms. The van der Waals surface area contributed by atoms with Crippen molar-refractivity contribution in [2.24, 2.45) is 0 Å². The van der Waals surface area contributed by atoms with Gasteiger partial charge in [0.05, 0.1) is 18.4 Å². The molecular formula is C12H15ClN2O8S. The highest BCUT2D eigenvalue weighted by atomic mass is 35.5. The number of nitrogens with one attached hydrogen (secondary N) is 1. The molecule has 1 aliphatic rings. The van der Waals surface area contributed by atoms with Gasteiger partial charge in [0.2, 0.25) is 0 Å². The fraction of sp³-hybridized carbons (Fsp3) is 0.500. The van der Waals surface area contributed by atoms with Crippen LogP contribution < -0.4 is 11.2 Å². The number of aromatic nitrogens is 2. The predicted octanol–water partition coefficient (Wildman–Crippen LogP) is -1.66. The Bertz CT molecular complexity index is 845. The maximum Gasteiger partial charge on any atom is 0.330 e. The van der Waals surface area contributed by atoms with E-state index < -0.39 is 52.5 Å². The van der Waals surface area contributed by atoms with E-state index in [4.69, 9.17) is 20.5 Å². The van der Waals surface area contributed by atoms with Crippen LogP contribution in [0.1, 0.15) is 11.8 Å². The summed E-state index contributed by atoms with van der Waals surface area (Å²) in [6.07, 6.45) is -2.49. The van der Waals surface area contributed by atoms with Crippen LogP contribution in [-0.4, -0.2) is 59.4 Å². The summed E-state index contributed by atoms with van der Waals surface area (Å²) in [6, 6.07) is 0. The number of aliphatic hydroxyl groups excluding tert-OH is 2. The van der Waals surface area contributed by atoms with Gasteiger partial charge in [0, 0.05) is 11.7 Å². The predicted molar refractivity (Wildman–Crippen MR) is 82.9 cm³/mol. The van der Waals surface area contributed by atoms with Crippen molar-refractivity contribution in [3.63, 3.8) is 0 Å². The first-order valence-corrected chi connectivity index (χ1v) is 8.88. The van der Waals surface area contributed by atoms with Crippen molar-refractivity contribution in [3.05, 3.63) is 38.1 Å². The minimum Gasteiger partial charge on any atom is -0.394 e. The number of nitrogens with zero attached hydrogens (tertiary/aromatic N) is 1. The van der Waals surface area contributed by atoms with E-state index in [2.05, 4.69) is 0 Å². The minimum atomic E-state index is -3.95. The van der Waals surface area contributed by atoms with E-state index in [1.807, 2.05) is 4.98 Å². The van der Waals surface area contributed by atoms with Crippen LogP contribution in [0.5, 0.6) is 0 Å². The molecule has 1 aliphatic heterocycles. The quantitative estimate of drug-likeness (QED) is 0.512. The zero-order valence-electron chi connectivity index (χ0n) is 12.3. The summed E-state index contributed by atoms with van der Waals surface area (Å²) in [5.74, 6) is 0. The zero-order valence-corrected chi connectivity index (χ0v) is 13.9. The number of ether oxygens (including phenoxy) is 1. The summed E-state index contributed by atoms with van der Waals surface area (Å²) < 4.78 is 33.4.